The average molecular weight is 276 g/mol. The molecule has 0 aliphatic carbocycles. The van der Waals surface area contributed by atoms with Gasteiger partial charge in [-0.15, -0.1) is 0 Å². The lowest BCUT2D eigenvalue weighted by atomic mass is 9.99. The number of ketones is 1. The van der Waals surface area contributed by atoms with Crippen LogP contribution in [0.5, 0.6) is 0 Å². The van der Waals surface area contributed by atoms with Gasteiger partial charge in [0.15, 0.2) is 17.4 Å². The molecule has 0 radical (unpaired) electrons. The first kappa shape index (κ1) is 14.3. The van der Waals surface area contributed by atoms with Gasteiger partial charge in [-0.25, -0.2) is 8.78 Å². The fourth-order valence-electron chi connectivity index (χ4n) is 2.05. The van der Waals surface area contributed by atoms with E-state index in [4.69, 9.17) is 4.74 Å². The zero-order valence-corrected chi connectivity index (χ0v) is 11.0. The van der Waals surface area contributed by atoms with Gasteiger partial charge in [0.05, 0.1) is 0 Å². The molecule has 0 heterocycles. The topological polar surface area (TPSA) is 26.3 Å². The highest BCUT2D eigenvalue weighted by atomic mass is 19.2. The molecule has 0 spiro atoms. The maximum Gasteiger partial charge on any atom is 0.170 e. The van der Waals surface area contributed by atoms with Crippen molar-refractivity contribution in [3.63, 3.8) is 0 Å². The van der Waals surface area contributed by atoms with E-state index < -0.39 is 17.7 Å². The van der Waals surface area contributed by atoms with Gasteiger partial charge in [0, 0.05) is 13.5 Å². The summed E-state index contributed by atoms with van der Waals surface area (Å²) >= 11 is 0. The molecule has 0 amide bonds. The molecular weight excluding hydrogens is 262 g/mol. The molecule has 0 fully saturated rings. The van der Waals surface area contributed by atoms with Crippen LogP contribution in [0.2, 0.25) is 0 Å². The van der Waals surface area contributed by atoms with Gasteiger partial charge >= 0.3 is 0 Å². The normalized spacial score (nSPS) is 12.2. The quantitative estimate of drug-likeness (QED) is 0.836. The standard InChI is InChI=1S/C16H14F2O2/c1-20-16(11-6-3-2-4-7-11)14(19)10-12-8-5-9-13(17)15(12)18/h2-9,16H,10H2,1H3. The van der Waals surface area contributed by atoms with E-state index in [0.717, 1.165) is 6.07 Å². The fourth-order valence-corrected chi connectivity index (χ4v) is 2.05. The number of carbonyl (C=O) groups is 1. The Kier molecular flexibility index (Phi) is 4.58. The number of halogens is 2. The van der Waals surface area contributed by atoms with Gasteiger partial charge in [-0.1, -0.05) is 42.5 Å². The Balaban J connectivity index is 2.20. The summed E-state index contributed by atoms with van der Waals surface area (Å²) in [6.45, 7) is 0. The third-order valence-corrected chi connectivity index (χ3v) is 3.03. The maximum absolute atomic E-state index is 13.6. The summed E-state index contributed by atoms with van der Waals surface area (Å²) in [6.07, 6.45) is -0.990. The second kappa shape index (κ2) is 6.39. The second-order valence-electron chi connectivity index (χ2n) is 4.38. The van der Waals surface area contributed by atoms with Crippen molar-refractivity contribution in [1.82, 2.24) is 0 Å². The van der Waals surface area contributed by atoms with E-state index in [0.29, 0.717) is 5.56 Å². The highest BCUT2D eigenvalue weighted by molar-refractivity contribution is 5.86. The Morgan fingerprint density at radius 3 is 2.45 bits per heavy atom. The maximum atomic E-state index is 13.6. The van der Waals surface area contributed by atoms with Crippen molar-refractivity contribution in [2.75, 3.05) is 7.11 Å². The minimum absolute atomic E-state index is 0.0352. The molecule has 104 valence electrons. The first-order chi connectivity index (χ1) is 9.63. The van der Waals surface area contributed by atoms with Gasteiger partial charge in [0.25, 0.3) is 0 Å². The Bertz CT molecular complexity index is 597. The lowest BCUT2D eigenvalue weighted by Gasteiger charge is -2.14. The predicted molar refractivity (Wildman–Crippen MR) is 71.3 cm³/mol. The average Bonchev–Trinajstić information content (AvgIpc) is 2.46. The van der Waals surface area contributed by atoms with Crippen LogP contribution < -0.4 is 0 Å². The molecule has 2 aromatic carbocycles. The molecule has 2 nitrogen and oxygen atoms in total. The Labute approximate surface area is 116 Å². The highest BCUT2D eigenvalue weighted by Gasteiger charge is 2.21. The second-order valence-corrected chi connectivity index (χ2v) is 4.38. The summed E-state index contributed by atoms with van der Waals surface area (Å²) in [7, 11) is 1.41. The molecule has 4 heteroatoms. The van der Waals surface area contributed by atoms with E-state index in [2.05, 4.69) is 0 Å². The number of hydrogen-bond acceptors (Lipinski definition) is 2. The zero-order valence-electron chi connectivity index (χ0n) is 11.0. The number of methoxy groups -OCH3 is 1. The summed E-state index contributed by atoms with van der Waals surface area (Å²) in [6, 6.07) is 12.7. The predicted octanol–water partition coefficient (Wildman–Crippen LogP) is 3.46. The van der Waals surface area contributed by atoms with Crippen molar-refractivity contribution in [2.45, 2.75) is 12.5 Å². The van der Waals surface area contributed by atoms with Crippen LogP contribution in [0.25, 0.3) is 0 Å². The van der Waals surface area contributed by atoms with Gasteiger partial charge in [-0.3, -0.25) is 4.79 Å². The van der Waals surface area contributed by atoms with Crippen molar-refractivity contribution in [3.05, 3.63) is 71.3 Å². The Morgan fingerprint density at radius 2 is 1.80 bits per heavy atom. The van der Waals surface area contributed by atoms with Crippen LogP contribution in [0.1, 0.15) is 17.2 Å². The monoisotopic (exact) mass is 276 g/mol. The van der Waals surface area contributed by atoms with Gasteiger partial charge < -0.3 is 4.74 Å². The Hall–Kier alpha value is -2.07. The molecule has 2 aromatic rings. The molecule has 0 N–H and O–H groups in total. The van der Waals surface area contributed by atoms with E-state index in [1.165, 1.54) is 19.2 Å². The summed E-state index contributed by atoms with van der Waals surface area (Å²) in [5.74, 6) is -2.25. The van der Waals surface area contributed by atoms with Crippen LogP contribution in [0.4, 0.5) is 8.78 Å². The minimum Gasteiger partial charge on any atom is -0.369 e. The van der Waals surface area contributed by atoms with Crippen LogP contribution >= 0.6 is 0 Å². The number of rotatable bonds is 5. The van der Waals surface area contributed by atoms with Crippen LogP contribution in [0.15, 0.2) is 48.5 Å². The molecular formula is C16H14F2O2. The van der Waals surface area contributed by atoms with E-state index >= 15 is 0 Å². The van der Waals surface area contributed by atoms with Crippen LogP contribution in [-0.2, 0) is 16.0 Å². The molecule has 20 heavy (non-hydrogen) atoms. The lowest BCUT2D eigenvalue weighted by molar-refractivity contribution is -0.128. The lowest BCUT2D eigenvalue weighted by Crippen LogP contribution is -2.17. The molecule has 0 aliphatic rings. The van der Waals surface area contributed by atoms with Crippen molar-refractivity contribution in [1.29, 1.82) is 0 Å². The summed E-state index contributed by atoms with van der Waals surface area (Å²) in [5.41, 5.74) is 0.727. The molecule has 1 atom stereocenters. The summed E-state index contributed by atoms with van der Waals surface area (Å²) in [4.78, 5) is 12.2. The van der Waals surface area contributed by atoms with Gasteiger partial charge in [0.1, 0.15) is 6.10 Å². The van der Waals surface area contributed by atoms with Gasteiger partial charge in [0.2, 0.25) is 0 Å². The number of benzene rings is 2. The molecule has 0 saturated heterocycles. The van der Waals surface area contributed by atoms with Crippen LogP contribution in [0.3, 0.4) is 0 Å². The van der Waals surface area contributed by atoms with E-state index in [9.17, 15) is 13.6 Å². The van der Waals surface area contributed by atoms with Crippen molar-refractivity contribution in [3.8, 4) is 0 Å². The number of ether oxygens (including phenoxy) is 1. The smallest absolute Gasteiger partial charge is 0.170 e. The molecule has 0 bridgehead atoms. The largest absolute Gasteiger partial charge is 0.369 e. The zero-order chi connectivity index (χ0) is 14.5. The van der Waals surface area contributed by atoms with E-state index in [1.807, 2.05) is 6.07 Å². The van der Waals surface area contributed by atoms with Gasteiger partial charge in [-0.2, -0.15) is 0 Å². The molecule has 0 aliphatic heterocycles. The first-order valence-corrected chi connectivity index (χ1v) is 6.17. The molecule has 1 unspecified atom stereocenters. The van der Waals surface area contributed by atoms with Crippen LogP contribution in [0, 0.1) is 11.6 Å². The third-order valence-electron chi connectivity index (χ3n) is 3.03. The number of Topliss-reactive ketones (excluding diaryl/α,β-unsaturated/α-hetero) is 1. The number of carbonyl (C=O) groups excluding carboxylic acids is 1. The molecule has 0 aromatic heterocycles. The summed E-state index contributed by atoms with van der Waals surface area (Å²) < 4.78 is 31.9. The molecule has 2 rings (SSSR count). The minimum atomic E-state index is -0.983. The molecule has 0 saturated carbocycles. The van der Waals surface area contributed by atoms with E-state index in [1.54, 1.807) is 24.3 Å². The highest BCUT2D eigenvalue weighted by Crippen LogP contribution is 2.21. The van der Waals surface area contributed by atoms with Crippen molar-refractivity contribution < 1.29 is 18.3 Å². The first-order valence-electron chi connectivity index (χ1n) is 6.17. The van der Waals surface area contributed by atoms with E-state index in [-0.39, 0.29) is 17.8 Å². The van der Waals surface area contributed by atoms with Crippen molar-refractivity contribution in [2.24, 2.45) is 0 Å². The summed E-state index contributed by atoms with van der Waals surface area (Å²) in [5, 5.41) is 0. The number of hydrogen-bond donors (Lipinski definition) is 0. The van der Waals surface area contributed by atoms with Crippen molar-refractivity contribution >= 4 is 5.78 Å². The Morgan fingerprint density at radius 1 is 1.10 bits per heavy atom. The van der Waals surface area contributed by atoms with Crippen LogP contribution in [-0.4, -0.2) is 12.9 Å². The fraction of sp³-hybridized carbons (Fsp3) is 0.188. The van der Waals surface area contributed by atoms with Gasteiger partial charge in [-0.05, 0) is 17.2 Å². The third kappa shape index (κ3) is 3.08. The SMILES string of the molecule is COC(C(=O)Cc1cccc(F)c1F)c1ccccc1.